The third-order valence-electron chi connectivity index (χ3n) is 8.15. The number of benzene rings is 1. The van der Waals surface area contributed by atoms with Crippen molar-refractivity contribution >= 4 is 50.8 Å². The van der Waals surface area contributed by atoms with Gasteiger partial charge < -0.3 is 20.3 Å². The molecule has 1 aromatic heterocycles. The molecule has 2 N–H and O–H groups in total. The first-order valence-electron chi connectivity index (χ1n) is 14.5. The number of nitrogens with one attached hydrogen (secondary N) is 2. The Kier molecular flexibility index (Phi) is 11.7. The number of thiazole rings is 1. The molecule has 2 aliphatic heterocycles. The number of nitrogens with zero attached hydrogens (tertiary/aromatic N) is 3. The first-order chi connectivity index (χ1) is 19.7. The number of aromatic nitrogens is 1. The van der Waals surface area contributed by atoms with Crippen molar-refractivity contribution in [2.75, 3.05) is 60.0 Å². The molecule has 0 radical (unpaired) electrons. The van der Waals surface area contributed by atoms with Gasteiger partial charge in [0, 0.05) is 88.9 Å². The van der Waals surface area contributed by atoms with E-state index in [4.69, 9.17) is 16.3 Å². The van der Waals surface area contributed by atoms with E-state index in [9.17, 15) is 14.4 Å². The van der Waals surface area contributed by atoms with Crippen LogP contribution in [0.2, 0.25) is 5.02 Å². The lowest BCUT2D eigenvalue weighted by molar-refractivity contribution is -0.131. The van der Waals surface area contributed by atoms with Gasteiger partial charge in [0.2, 0.25) is 11.8 Å². The van der Waals surface area contributed by atoms with Crippen LogP contribution < -0.4 is 10.6 Å². The van der Waals surface area contributed by atoms with Gasteiger partial charge in [0.1, 0.15) is 0 Å². The summed E-state index contributed by atoms with van der Waals surface area (Å²) in [5, 5.41) is 7.30. The Morgan fingerprint density at radius 1 is 1.20 bits per heavy atom. The molecule has 2 atom stereocenters. The molecule has 2 saturated heterocycles. The lowest BCUT2D eigenvalue weighted by Gasteiger charge is -2.33. The molecule has 2 aliphatic rings. The number of hydrogen-bond acceptors (Lipinski definition) is 8. The van der Waals surface area contributed by atoms with E-state index in [1.165, 1.54) is 11.3 Å². The molecular weight excluding hydrogens is 562 g/mol. The highest BCUT2D eigenvalue weighted by atomic mass is 35.5. The second-order valence-electron chi connectivity index (χ2n) is 11.2. The number of rotatable bonds is 13. The number of halogens is 1. The number of hydrogen-bond donors (Lipinski definition) is 2. The van der Waals surface area contributed by atoms with Crippen molar-refractivity contribution in [3.63, 3.8) is 0 Å². The summed E-state index contributed by atoms with van der Waals surface area (Å²) in [5.74, 6) is -0.725. The summed E-state index contributed by atoms with van der Waals surface area (Å²) in [5.41, 5.74) is 1.45. The summed E-state index contributed by atoms with van der Waals surface area (Å²) in [7, 11) is 3.68. The monoisotopic (exact) mass is 603 g/mol. The summed E-state index contributed by atoms with van der Waals surface area (Å²) in [6, 6.07) is 5.33. The fourth-order valence-electron chi connectivity index (χ4n) is 5.50. The van der Waals surface area contributed by atoms with E-state index < -0.39 is 5.92 Å². The Hall–Kier alpha value is -2.37. The van der Waals surface area contributed by atoms with Crippen LogP contribution in [0.5, 0.6) is 0 Å². The molecule has 41 heavy (non-hydrogen) atoms. The van der Waals surface area contributed by atoms with Gasteiger partial charge in [0.15, 0.2) is 5.78 Å². The molecule has 3 heterocycles. The molecule has 224 valence electrons. The number of ether oxygens (including phenoxy) is 1. The number of ketones is 1. The Labute approximate surface area is 251 Å². The van der Waals surface area contributed by atoms with Crippen molar-refractivity contribution in [2.45, 2.75) is 44.6 Å². The van der Waals surface area contributed by atoms with E-state index in [1.807, 2.05) is 12.1 Å². The standard InChI is InChI=1S/C30H42ClN5O4S/c1-20(19-36-12-10-35(3)11-13-36)26(37)7-6-24(21-8-14-40-15-9-21)34-30(39)22(16-28(38)32-2)17-29-33-25-5-4-23(31)18-27(25)41-29/h4-5,18,21-22,24H,1,6-17,19H2,2-3H3,(H,32,38)(H,34,39)/t22-,24+/m0/s1. The summed E-state index contributed by atoms with van der Waals surface area (Å²) in [4.78, 5) is 48.4. The minimum absolute atomic E-state index is 0.0466. The zero-order valence-electron chi connectivity index (χ0n) is 24.1. The first kappa shape index (κ1) is 31.6. The van der Waals surface area contributed by atoms with Crippen molar-refractivity contribution in [3.8, 4) is 0 Å². The maximum atomic E-state index is 13.7. The van der Waals surface area contributed by atoms with Crippen LogP contribution in [0.4, 0.5) is 0 Å². The fraction of sp³-hybridized carbons (Fsp3) is 0.600. The quantitative estimate of drug-likeness (QED) is 0.339. The molecule has 4 rings (SSSR count). The van der Waals surface area contributed by atoms with Crippen molar-refractivity contribution in [3.05, 3.63) is 40.4 Å². The Morgan fingerprint density at radius 3 is 2.63 bits per heavy atom. The molecule has 0 aliphatic carbocycles. The second kappa shape index (κ2) is 15.2. The Morgan fingerprint density at radius 2 is 1.93 bits per heavy atom. The van der Waals surface area contributed by atoms with Gasteiger partial charge in [-0.3, -0.25) is 19.3 Å². The number of Topliss-reactive ketones (excluding diaryl/α,β-unsaturated/α-hetero) is 1. The van der Waals surface area contributed by atoms with Crippen LogP contribution in [0.25, 0.3) is 10.2 Å². The predicted molar refractivity (Wildman–Crippen MR) is 163 cm³/mol. The lowest BCUT2D eigenvalue weighted by atomic mass is 9.87. The molecule has 0 bridgehead atoms. The van der Waals surface area contributed by atoms with E-state index in [1.54, 1.807) is 13.1 Å². The number of carbonyl (C=O) groups excluding carboxylic acids is 3. The van der Waals surface area contributed by atoms with Gasteiger partial charge >= 0.3 is 0 Å². The molecule has 0 saturated carbocycles. The summed E-state index contributed by atoms with van der Waals surface area (Å²) < 4.78 is 6.52. The third-order valence-corrected chi connectivity index (χ3v) is 9.42. The topological polar surface area (TPSA) is 104 Å². The van der Waals surface area contributed by atoms with Gasteiger partial charge in [-0.05, 0) is 50.4 Å². The SMILES string of the molecule is C=C(CN1CCN(C)CC1)C(=O)CC[C@@H](NC(=O)[C@@H](CC(=O)NC)Cc1nc2ccc(Cl)cc2s1)C1CCOCC1. The maximum absolute atomic E-state index is 13.7. The van der Waals surface area contributed by atoms with Gasteiger partial charge in [0.05, 0.1) is 21.1 Å². The number of amides is 2. The molecule has 2 aromatic rings. The summed E-state index contributed by atoms with van der Waals surface area (Å²) >= 11 is 7.63. The number of carbonyl (C=O) groups is 3. The molecule has 2 amide bonds. The normalized spacial score (nSPS) is 18.6. The average Bonchev–Trinajstić information content (AvgIpc) is 3.37. The number of fused-ring (bicyclic) bond motifs is 1. The van der Waals surface area contributed by atoms with Gasteiger partial charge in [0.25, 0.3) is 0 Å². The van der Waals surface area contributed by atoms with Gasteiger partial charge in [-0.25, -0.2) is 4.98 Å². The summed E-state index contributed by atoms with van der Waals surface area (Å²) in [6.45, 7) is 9.78. The van der Waals surface area contributed by atoms with Crippen molar-refractivity contribution < 1.29 is 19.1 Å². The highest BCUT2D eigenvalue weighted by molar-refractivity contribution is 7.18. The van der Waals surface area contributed by atoms with Crippen molar-refractivity contribution in [2.24, 2.45) is 11.8 Å². The average molecular weight is 604 g/mol. The molecule has 9 nitrogen and oxygen atoms in total. The van der Waals surface area contributed by atoms with Crippen LogP contribution >= 0.6 is 22.9 Å². The molecule has 2 fully saturated rings. The van der Waals surface area contributed by atoms with Crippen LogP contribution in [-0.4, -0.2) is 98.5 Å². The summed E-state index contributed by atoms with van der Waals surface area (Å²) in [6.07, 6.45) is 2.90. The molecule has 1 aromatic carbocycles. The molecule has 11 heteroatoms. The van der Waals surface area contributed by atoms with Crippen molar-refractivity contribution in [1.29, 1.82) is 0 Å². The van der Waals surface area contributed by atoms with Crippen LogP contribution in [0.15, 0.2) is 30.4 Å². The van der Waals surface area contributed by atoms with Crippen LogP contribution in [-0.2, 0) is 25.5 Å². The minimum Gasteiger partial charge on any atom is -0.381 e. The van der Waals surface area contributed by atoms with Crippen molar-refractivity contribution in [1.82, 2.24) is 25.4 Å². The first-order valence-corrected chi connectivity index (χ1v) is 15.7. The predicted octanol–water partition coefficient (Wildman–Crippen LogP) is 3.31. The van der Waals surface area contributed by atoms with Gasteiger partial charge in [-0.15, -0.1) is 11.3 Å². The molecule has 0 spiro atoms. The second-order valence-corrected chi connectivity index (χ2v) is 12.8. The highest BCUT2D eigenvalue weighted by Gasteiger charge is 2.31. The minimum atomic E-state index is -0.587. The zero-order chi connectivity index (χ0) is 29.4. The van der Waals surface area contributed by atoms with E-state index in [0.717, 1.165) is 54.2 Å². The zero-order valence-corrected chi connectivity index (χ0v) is 25.7. The van der Waals surface area contributed by atoms with Gasteiger partial charge in [-0.2, -0.15) is 0 Å². The van der Waals surface area contributed by atoms with Crippen LogP contribution in [0, 0.1) is 11.8 Å². The Bertz CT molecular complexity index is 1220. The van der Waals surface area contributed by atoms with E-state index in [2.05, 4.69) is 39.0 Å². The molecule has 0 unspecified atom stereocenters. The Balaban J connectivity index is 1.41. The van der Waals surface area contributed by atoms with Crippen LogP contribution in [0.1, 0.15) is 37.1 Å². The lowest BCUT2D eigenvalue weighted by Crippen LogP contribution is -2.46. The van der Waals surface area contributed by atoms with E-state index in [0.29, 0.717) is 49.6 Å². The highest BCUT2D eigenvalue weighted by Crippen LogP contribution is 2.28. The fourth-order valence-corrected chi connectivity index (χ4v) is 6.82. The number of likely N-dealkylation sites (N-methyl/N-ethyl adjacent to an activating group) is 1. The third kappa shape index (κ3) is 9.31. The smallest absolute Gasteiger partial charge is 0.224 e. The number of piperazine rings is 1. The molecular formula is C30H42ClN5O4S. The maximum Gasteiger partial charge on any atom is 0.224 e. The van der Waals surface area contributed by atoms with E-state index in [-0.39, 0.29) is 36.0 Å². The van der Waals surface area contributed by atoms with Crippen LogP contribution in [0.3, 0.4) is 0 Å². The van der Waals surface area contributed by atoms with E-state index >= 15 is 0 Å². The largest absolute Gasteiger partial charge is 0.381 e. The van der Waals surface area contributed by atoms with Gasteiger partial charge in [-0.1, -0.05) is 18.2 Å².